The largest absolute Gasteiger partial charge is 0.382 e. The van der Waals surface area contributed by atoms with Crippen molar-refractivity contribution in [2.75, 3.05) is 5.75 Å². The van der Waals surface area contributed by atoms with Gasteiger partial charge in [0.1, 0.15) is 11.6 Å². The highest BCUT2D eigenvalue weighted by molar-refractivity contribution is 7.87. The molecule has 5 nitrogen and oxygen atoms in total. The molecule has 1 amide bonds. The van der Waals surface area contributed by atoms with E-state index in [4.69, 9.17) is 4.18 Å². The molecule has 1 heterocycles. The second-order valence-electron chi connectivity index (χ2n) is 6.71. The molecule has 0 saturated carbocycles. The van der Waals surface area contributed by atoms with E-state index >= 15 is 0 Å². The van der Waals surface area contributed by atoms with Crippen molar-refractivity contribution >= 4 is 27.4 Å². The second kappa shape index (κ2) is 9.86. The molecular weight excluding hydrogens is 425 g/mol. The summed E-state index contributed by atoms with van der Waals surface area (Å²) >= 11 is 1.52. The smallest absolute Gasteiger partial charge is 0.308 e. The predicted molar refractivity (Wildman–Crippen MR) is 115 cm³/mol. The molecule has 30 heavy (non-hydrogen) atoms. The zero-order chi connectivity index (χ0) is 21.6. The molecule has 0 aliphatic carbocycles. The van der Waals surface area contributed by atoms with Gasteiger partial charge >= 0.3 is 10.1 Å². The molecule has 0 N–H and O–H groups in total. The molecule has 0 radical (unpaired) electrons. The highest BCUT2D eigenvalue weighted by Crippen LogP contribution is 2.19. The van der Waals surface area contributed by atoms with E-state index in [-0.39, 0.29) is 29.6 Å². The number of hydrogen-bond acceptors (Lipinski definition) is 5. The first-order valence-corrected chi connectivity index (χ1v) is 11.9. The summed E-state index contributed by atoms with van der Waals surface area (Å²) in [5, 5.41) is 1.93. The number of hydrogen-bond donors (Lipinski definition) is 0. The van der Waals surface area contributed by atoms with E-state index in [0.29, 0.717) is 13.1 Å². The summed E-state index contributed by atoms with van der Waals surface area (Å²) in [7, 11) is -3.59. The monoisotopic (exact) mass is 447 g/mol. The molecule has 0 unspecified atom stereocenters. The maximum atomic E-state index is 13.2. The molecule has 158 valence electrons. The number of amides is 1. The van der Waals surface area contributed by atoms with Gasteiger partial charge in [-0.15, -0.1) is 11.3 Å². The number of carbonyl (C=O) groups is 1. The van der Waals surface area contributed by atoms with Crippen LogP contribution in [0.15, 0.2) is 66.0 Å². The third-order valence-corrected chi connectivity index (χ3v) is 6.45. The lowest BCUT2D eigenvalue weighted by molar-refractivity contribution is -0.131. The van der Waals surface area contributed by atoms with Gasteiger partial charge in [-0.2, -0.15) is 8.42 Å². The number of benzene rings is 2. The first-order chi connectivity index (χ1) is 14.3. The van der Waals surface area contributed by atoms with Crippen molar-refractivity contribution in [2.45, 2.75) is 26.4 Å². The molecular formula is C22H22FNO4S2. The minimum absolute atomic E-state index is 0.0457. The summed E-state index contributed by atoms with van der Waals surface area (Å²) in [5.74, 6) is -0.253. The first kappa shape index (κ1) is 22.0. The number of rotatable bonds is 9. The van der Waals surface area contributed by atoms with E-state index in [2.05, 4.69) is 0 Å². The third-order valence-electron chi connectivity index (χ3n) is 4.42. The summed E-state index contributed by atoms with van der Waals surface area (Å²) in [6, 6.07) is 16.5. The molecule has 8 heteroatoms. The quantitative estimate of drug-likeness (QED) is 0.457. The van der Waals surface area contributed by atoms with Gasteiger partial charge in [-0.1, -0.05) is 30.3 Å². The SMILES string of the molecule is CCS(=O)(=O)Oc1ccc(CN(Cc2ccc(F)cc2)C(=O)Cc2cccs2)cc1. The molecule has 0 fully saturated rings. The molecule has 3 aromatic rings. The van der Waals surface area contributed by atoms with Gasteiger partial charge in [0, 0.05) is 18.0 Å². The van der Waals surface area contributed by atoms with Crippen molar-refractivity contribution in [3.8, 4) is 5.75 Å². The molecule has 0 bridgehead atoms. The molecule has 0 spiro atoms. The number of nitrogens with zero attached hydrogens (tertiary/aromatic N) is 1. The molecule has 0 aliphatic heterocycles. The lowest BCUT2D eigenvalue weighted by atomic mass is 10.1. The van der Waals surface area contributed by atoms with Crippen LogP contribution >= 0.6 is 11.3 Å². The van der Waals surface area contributed by atoms with Crippen molar-refractivity contribution in [2.24, 2.45) is 0 Å². The average molecular weight is 448 g/mol. The van der Waals surface area contributed by atoms with E-state index in [9.17, 15) is 17.6 Å². The van der Waals surface area contributed by atoms with Crippen LogP contribution in [0.3, 0.4) is 0 Å². The van der Waals surface area contributed by atoms with Crippen molar-refractivity contribution < 1.29 is 21.8 Å². The Morgan fingerprint density at radius 2 is 1.60 bits per heavy atom. The number of carbonyl (C=O) groups excluding carboxylic acids is 1. The topological polar surface area (TPSA) is 63.7 Å². The number of thiophene rings is 1. The van der Waals surface area contributed by atoms with Gasteiger partial charge in [0.2, 0.25) is 5.91 Å². The van der Waals surface area contributed by atoms with Crippen molar-refractivity contribution in [3.63, 3.8) is 0 Å². The molecule has 0 atom stereocenters. The van der Waals surface area contributed by atoms with E-state index in [1.54, 1.807) is 41.3 Å². The van der Waals surface area contributed by atoms with Gasteiger partial charge in [0.05, 0.1) is 12.2 Å². The Morgan fingerprint density at radius 3 is 2.13 bits per heavy atom. The van der Waals surface area contributed by atoms with Crippen LogP contribution in [0, 0.1) is 5.82 Å². The summed E-state index contributed by atoms with van der Waals surface area (Å²) in [5.41, 5.74) is 1.66. The Kier molecular flexibility index (Phi) is 7.23. The number of halogens is 1. The van der Waals surface area contributed by atoms with Gasteiger partial charge in [0.15, 0.2) is 0 Å². The highest BCUT2D eigenvalue weighted by atomic mass is 32.2. The maximum absolute atomic E-state index is 13.2. The summed E-state index contributed by atoms with van der Waals surface area (Å²) in [4.78, 5) is 15.6. The Morgan fingerprint density at radius 1 is 1.00 bits per heavy atom. The fraction of sp³-hybridized carbons (Fsp3) is 0.227. The molecule has 3 rings (SSSR count). The Labute approximate surface area is 179 Å². The van der Waals surface area contributed by atoms with Gasteiger partial charge in [-0.05, 0) is 53.8 Å². The van der Waals surface area contributed by atoms with Crippen LogP contribution in [0.25, 0.3) is 0 Å². The van der Waals surface area contributed by atoms with Crippen LogP contribution in [-0.2, 0) is 34.4 Å². The summed E-state index contributed by atoms with van der Waals surface area (Å²) in [6.07, 6.45) is 0.287. The highest BCUT2D eigenvalue weighted by Gasteiger charge is 2.16. The van der Waals surface area contributed by atoms with Crippen LogP contribution < -0.4 is 4.18 Å². The van der Waals surface area contributed by atoms with E-state index < -0.39 is 10.1 Å². The van der Waals surface area contributed by atoms with Crippen LogP contribution in [0.4, 0.5) is 4.39 Å². The van der Waals surface area contributed by atoms with Gasteiger partial charge in [0.25, 0.3) is 0 Å². The standard InChI is InChI=1S/C22H22FNO4S2/c1-2-30(26,27)28-20-11-7-18(8-12-20)16-24(15-17-5-9-19(23)10-6-17)22(25)14-21-4-3-13-29-21/h3-13H,2,14-16H2,1H3. The van der Waals surface area contributed by atoms with Crippen LogP contribution in [0.5, 0.6) is 5.75 Å². The summed E-state index contributed by atoms with van der Waals surface area (Å²) in [6.45, 7) is 2.19. The second-order valence-corrected chi connectivity index (χ2v) is 9.60. The Bertz CT molecular complexity index is 1060. The molecule has 2 aromatic carbocycles. The van der Waals surface area contributed by atoms with Gasteiger partial charge in [-0.3, -0.25) is 4.79 Å². The van der Waals surface area contributed by atoms with Crippen LogP contribution in [0.2, 0.25) is 0 Å². The molecule has 0 aliphatic rings. The van der Waals surface area contributed by atoms with E-state index in [1.807, 2.05) is 17.5 Å². The molecule has 0 saturated heterocycles. The lowest BCUT2D eigenvalue weighted by Gasteiger charge is -2.23. The van der Waals surface area contributed by atoms with Crippen molar-refractivity contribution in [1.82, 2.24) is 4.90 Å². The fourth-order valence-corrected chi connectivity index (χ4v) is 4.01. The minimum atomic E-state index is -3.59. The van der Waals surface area contributed by atoms with E-state index in [0.717, 1.165) is 16.0 Å². The summed E-state index contributed by atoms with van der Waals surface area (Å²) < 4.78 is 41.4. The minimum Gasteiger partial charge on any atom is -0.382 e. The Hall–Kier alpha value is -2.71. The lowest BCUT2D eigenvalue weighted by Crippen LogP contribution is -2.31. The maximum Gasteiger partial charge on any atom is 0.308 e. The van der Waals surface area contributed by atoms with Gasteiger partial charge < -0.3 is 9.08 Å². The van der Waals surface area contributed by atoms with E-state index in [1.165, 1.54) is 30.4 Å². The third kappa shape index (κ3) is 6.40. The zero-order valence-corrected chi connectivity index (χ0v) is 18.1. The molecule has 1 aromatic heterocycles. The van der Waals surface area contributed by atoms with Crippen molar-refractivity contribution in [1.29, 1.82) is 0 Å². The average Bonchev–Trinajstić information content (AvgIpc) is 3.23. The first-order valence-electron chi connectivity index (χ1n) is 9.40. The Balaban J connectivity index is 1.75. The normalized spacial score (nSPS) is 11.3. The van der Waals surface area contributed by atoms with Crippen molar-refractivity contribution in [3.05, 3.63) is 87.9 Å². The zero-order valence-electron chi connectivity index (χ0n) is 16.5. The van der Waals surface area contributed by atoms with Gasteiger partial charge in [-0.25, -0.2) is 4.39 Å². The van der Waals surface area contributed by atoms with Crippen LogP contribution in [-0.4, -0.2) is 25.0 Å². The predicted octanol–water partition coefficient (Wildman–Crippen LogP) is 4.39. The fourth-order valence-electron chi connectivity index (χ4n) is 2.79. The van der Waals surface area contributed by atoms with Crippen LogP contribution in [0.1, 0.15) is 22.9 Å².